The van der Waals surface area contributed by atoms with Gasteiger partial charge in [0.2, 0.25) is 6.41 Å². The van der Waals surface area contributed by atoms with Crippen LogP contribution in [0.15, 0.2) is 24.3 Å². The lowest BCUT2D eigenvalue weighted by Crippen LogP contribution is -2.27. The van der Waals surface area contributed by atoms with E-state index in [0.29, 0.717) is 0 Å². The van der Waals surface area contributed by atoms with E-state index in [1.807, 2.05) is 0 Å². The lowest BCUT2D eigenvalue weighted by molar-refractivity contribution is -0.108. The maximum atomic E-state index is 12.9. The molecular weight excluding hydrogens is 213 g/mol. The fourth-order valence-electron chi connectivity index (χ4n) is 0.713. The van der Waals surface area contributed by atoms with Gasteiger partial charge in [-0.1, -0.05) is 12.1 Å². The highest BCUT2D eigenvalue weighted by molar-refractivity contribution is 7.85. The van der Waals surface area contributed by atoms with Crippen LogP contribution >= 0.6 is 0 Å². The molecule has 0 aliphatic carbocycles. The van der Waals surface area contributed by atoms with E-state index in [1.165, 1.54) is 16.9 Å². The molecule has 0 radical (unpaired) electrons. The van der Waals surface area contributed by atoms with E-state index in [1.54, 1.807) is 0 Å². The molecule has 7 heteroatoms. The quantitative estimate of drug-likeness (QED) is 0.734. The lowest BCUT2D eigenvalue weighted by atomic mass is 10.3. The molecule has 1 aromatic carbocycles. The van der Waals surface area contributed by atoms with Gasteiger partial charge in [-0.15, -0.1) is 0 Å². The monoisotopic (exact) mass is 219 g/mol. The third kappa shape index (κ3) is 2.70. The average molecular weight is 219 g/mol. The lowest BCUT2D eigenvalue weighted by Gasteiger charge is -2.04. The zero-order chi connectivity index (χ0) is 10.6. The minimum Gasteiger partial charge on any atom is -0.364 e. The van der Waals surface area contributed by atoms with Crippen LogP contribution in [-0.2, 0) is 15.1 Å². The minimum absolute atomic E-state index is 0.0732. The maximum absolute atomic E-state index is 12.9. The van der Waals surface area contributed by atoms with Crippen LogP contribution < -0.4 is 8.91 Å². The van der Waals surface area contributed by atoms with Crippen molar-refractivity contribution in [1.29, 1.82) is 0 Å². The molecule has 0 aliphatic heterocycles. The Morgan fingerprint density at radius 2 is 2.00 bits per heavy atom. The predicted octanol–water partition coefficient (Wildman–Crippen LogP) is 0.195. The molecule has 0 aliphatic rings. The third-order valence-corrected chi connectivity index (χ3v) is 2.01. The summed E-state index contributed by atoms with van der Waals surface area (Å²) >= 11 is 0. The summed E-state index contributed by atoms with van der Waals surface area (Å²) in [5.41, 5.74) is 0. The van der Waals surface area contributed by atoms with Crippen molar-refractivity contribution >= 4 is 16.7 Å². The van der Waals surface area contributed by atoms with Crippen LogP contribution in [0.25, 0.3) is 0 Å². The van der Waals surface area contributed by atoms with E-state index in [4.69, 9.17) is 0 Å². The number of benzene rings is 1. The van der Waals surface area contributed by atoms with Gasteiger partial charge < -0.3 is 4.18 Å². The van der Waals surface area contributed by atoms with Crippen molar-refractivity contribution in [2.24, 2.45) is 0 Å². The summed E-state index contributed by atoms with van der Waals surface area (Å²) in [5, 5.41) is 0. The normalized spacial score (nSPS) is 10.6. The first-order valence-corrected chi connectivity index (χ1v) is 4.86. The number of halogens is 1. The number of amides is 1. The first kappa shape index (κ1) is 10.5. The molecule has 5 nitrogen and oxygen atoms in total. The standard InChI is InChI=1S/C7H6FNO4S/c8-6-3-1-2-4-7(6)13-14(11,12)9-5-10/h1-5H,(H,9,10). The van der Waals surface area contributed by atoms with E-state index in [0.717, 1.165) is 12.1 Å². The van der Waals surface area contributed by atoms with Crippen LogP contribution in [-0.4, -0.2) is 14.8 Å². The highest BCUT2D eigenvalue weighted by Gasteiger charge is 2.13. The largest absolute Gasteiger partial charge is 0.409 e. The van der Waals surface area contributed by atoms with E-state index < -0.39 is 21.9 Å². The van der Waals surface area contributed by atoms with Gasteiger partial charge in [-0.05, 0) is 12.1 Å². The van der Waals surface area contributed by atoms with Crippen LogP contribution in [0, 0.1) is 5.82 Å². The molecule has 0 heterocycles. The molecule has 1 rings (SSSR count). The molecule has 0 atom stereocenters. The molecule has 0 spiro atoms. The maximum Gasteiger partial charge on any atom is 0.409 e. The molecular formula is C7H6FNO4S. The number of carbonyl (C=O) groups is 1. The van der Waals surface area contributed by atoms with Gasteiger partial charge in [-0.25, -0.2) is 9.11 Å². The summed E-state index contributed by atoms with van der Waals surface area (Å²) in [5.74, 6) is -1.30. The first-order valence-electron chi connectivity index (χ1n) is 3.45. The molecule has 14 heavy (non-hydrogen) atoms. The molecule has 0 bridgehead atoms. The van der Waals surface area contributed by atoms with Gasteiger partial charge in [0.15, 0.2) is 11.6 Å². The molecule has 1 amide bonds. The van der Waals surface area contributed by atoms with Crippen LogP contribution in [0.2, 0.25) is 0 Å². The van der Waals surface area contributed by atoms with Gasteiger partial charge in [-0.2, -0.15) is 8.42 Å². The number of hydrogen-bond acceptors (Lipinski definition) is 4. The Bertz CT molecular complexity index is 431. The second-order valence-electron chi connectivity index (χ2n) is 2.20. The summed E-state index contributed by atoms with van der Waals surface area (Å²) in [6, 6.07) is 4.93. The Kier molecular flexibility index (Phi) is 3.03. The molecule has 76 valence electrons. The second-order valence-corrected chi connectivity index (χ2v) is 3.51. The molecule has 0 saturated carbocycles. The van der Waals surface area contributed by atoms with Gasteiger partial charge in [0.05, 0.1) is 0 Å². The molecule has 1 N–H and O–H groups in total. The number of nitrogens with one attached hydrogen (secondary N) is 1. The van der Waals surface area contributed by atoms with Crippen molar-refractivity contribution in [2.75, 3.05) is 0 Å². The average Bonchev–Trinajstić information content (AvgIpc) is 2.08. The van der Waals surface area contributed by atoms with Crippen LogP contribution in [0.4, 0.5) is 4.39 Å². The van der Waals surface area contributed by atoms with Crippen molar-refractivity contribution in [3.63, 3.8) is 0 Å². The van der Waals surface area contributed by atoms with Crippen LogP contribution in [0.3, 0.4) is 0 Å². The van der Waals surface area contributed by atoms with Crippen molar-refractivity contribution in [2.45, 2.75) is 0 Å². The number of hydrogen-bond donors (Lipinski definition) is 1. The fraction of sp³-hybridized carbons (Fsp3) is 0. The Morgan fingerprint density at radius 1 is 1.36 bits per heavy atom. The van der Waals surface area contributed by atoms with E-state index >= 15 is 0 Å². The summed E-state index contributed by atoms with van der Waals surface area (Å²) in [7, 11) is -4.27. The van der Waals surface area contributed by atoms with Gasteiger partial charge in [0, 0.05) is 0 Å². The van der Waals surface area contributed by atoms with Gasteiger partial charge in [0.25, 0.3) is 0 Å². The topological polar surface area (TPSA) is 72.5 Å². The predicted molar refractivity (Wildman–Crippen MR) is 45.1 cm³/mol. The summed E-state index contributed by atoms with van der Waals surface area (Å²) in [6.07, 6.45) is -0.0732. The van der Waals surface area contributed by atoms with Gasteiger partial charge in [-0.3, -0.25) is 4.79 Å². The van der Waals surface area contributed by atoms with E-state index in [-0.39, 0.29) is 6.41 Å². The zero-order valence-corrected chi connectivity index (χ0v) is 7.62. The molecule has 1 aromatic rings. The minimum atomic E-state index is -4.27. The van der Waals surface area contributed by atoms with Crippen molar-refractivity contribution in [3.8, 4) is 5.75 Å². The SMILES string of the molecule is O=CNS(=O)(=O)Oc1ccccc1F. The molecule has 0 aromatic heterocycles. The zero-order valence-electron chi connectivity index (χ0n) is 6.81. The summed E-state index contributed by atoms with van der Waals surface area (Å²) < 4.78 is 40.1. The Hall–Kier alpha value is -1.63. The van der Waals surface area contributed by atoms with Crippen molar-refractivity contribution < 1.29 is 21.8 Å². The smallest absolute Gasteiger partial charge is 0.364 e. The highest BCUT2D eigenvalue weighted by atomic mass is 32.2. The summed E-state index contributed by atoms with van der Waals surface area (Å²) in [4.78, 5) is 9.83. The van der Waals surface area contributed by atoms with Gasteiger partial charge >= 0.3 is 10.3 Å². The van der Waals surface area contributed by atoms with Crippen molar-refractivity contribution in [3.05, 3.63) is 30.1 Å². The number of carbonyl (C=O) groups excluding carboxylic acids is 1. The number of para-hydroxylation sites is 1. The van der Waals surface area contributed by atoms with Crippen LogP contribution in [0.1, 0.15) is 0 Å². The Labute approximate surface area is 79.8 Å². The molecule has 0 fully saturated rings. The molecule has 0 saturated heterocycles. The van der Waals surface area contributed by atoms with Crippen molar-refractivity contribution in [1.82, 2.24) is 4.72 Å². The fourth-order valence-corrected chi connectivity index (χ4v) is 1.25. The van der Waals surface area contributed by atoms with E-state index in [2.05, 4.69) is 4.18 Å². The van der Waals surface area contributed by atoms with E-state index in [9.17, 15) is 17.6 Å². The Balaban J connectivity index is 2.89. The second kappa shape index (κ2) is 4.05. The summed E-state index contributed by atoms with van der Waals surface area (Å²) in [6.45, 7) is 0. The van der Waals surface area contributed by atoms with Gasteiger partial charge in [0.1, 0.15) is 0 Å². The third-order valence-electron chi connectivity index (χ3n) is 1.23. The number of rotatable bonds is 4. The Morgan fingerprint density at radius 3 is 2.57 bits per heavy atom. The highest BCUT2D eigenvalue weighted by Crippen LogP contribution is 2.16. The first-order chi connectivity index (χ1) is 6.55. The van der Waals surface area contributed by atoms with Crippen LogP contribution in [0.5, 0.6) is 5.75 Å². The molecule has 0 unspecified atom stereocenters.